The first-order valence-electron chi connectivity index (χ1n) is 5.81. The molecule has 7 heteroatoms. The number of anilines is 1. The van der Waals surface area contributed by atoms with Crippen LogP contribution in [0, 0.1) is 0 Å². The molecule has 106 valence electrons. The van der Waals surface area contributed by atoms with Crippen molar-refractivity contribution in [1.29, 1.82) is 0 Å². The highest BCUT2D eigenvalue weighted by molar-refractivity contribution is 9.10. The molecular formula is C13H12BrClN2O2S. The van der Waals surface area contributed by atoms with Gasteiger partial charge in [0.2, 0.25) is 10.0 Å². The van der Waals surface area contributed by atoms with Crippen LogP contribution in [0.1, 0.15) is 5.56 Å². The highest BCUT2D eigenvalue weighted by Gasteiger charge is 2.13. The summed E-state index contributed by atoms with van der Waals surface area (Å²) in [7, 11) is -3.45. The summed E-state index contributed by atoms with van der Waals surface area (Å²) in [5, 5.41) is 0.362. The fraction of sp³-hybridized carbons (Fsp3) is 0.154. The molecule has 4 nitrogen and oxygen atoms in total. The second-order valence-corrected chi connectivity index (χ2v) is 7.32. The molecule has 0 fully saturated rings. The van der Waals surface area contributed by atoms with Gasteiger partial charge in [-0.2, -0.15) is 0 Å². The van der Waals surface area contributed by atoms with Crippen LogP contribution in [0.25, 0.3) is 0 Å². The van der Waals surface area contributed by atoms with Crippen molar-refractivity contribution < 1.29 is 8.42 Å². The SMILES string of the molecule is O=S(=O)(CCc1ccncc1)Nc1cc(Br)ccc1Cl. The Morgan fingerprint density at radius 3 is 2.60 bits per heavy atom. The van der Waals surface area contributed by atoms with E-state index in [9.17, 15) is 8.42 Å². The quantitative estimate of drug-likeness (QED) is 0.870. The minimum atomic E-state index is -3.45. The lowest BCUT2D eigenvalue weighted by atomic mass is 10.2. The van der Waals surface area contributed by atoms with Crippen molar-refractivity contribution in [3.63, 3.8) is 0 Å². The standard InChI is InChI=1S/C13H12BrClN2O2S/c14-11-1-2-12(15)13(9-11)17-20(18,19)8-5-10-3-6-16-7-4-10/h1-4,6-7,9,17H,5,8H2. The van der Waals surface area contributed by atoms with Gasteiger partial charge in [-0.3, -0.25) is 9.71 Å². The van der Waals surface area contributed by atoms with Crippen molar-refractivity contribution in [2.24, 2.45) is 0 Å². The molecule has 0 amide bonds. The third-order valence-corrected chi connectivity index (χ3v) is 4.70. The molecule has 0 saturated heterocycles. The normalized spacial score (nSPS) is 11.3. The van der Waals surface area contributed by atoms with Crippen molar-refractivity contribution in [2.75, 3.05) is 10.5 Å². The van der Waals surface area contributed by atoms with Crippen LogP contribution in [-0.2, 0) is 16.4 Å². The topological polar surface area (TPSA) is 59.1 Å². The maximum absolute atomic E-state index is 12.0. The fourth-order valence-electron chi connectivity index (χ4n) is 1.60. The number of aromatic nitrogens is 1. The first-order valence-corrected chi connectivity index (χ1v) is 8.63. The van der Waals surface area contributed by atoms with Crippen LogP contribution in [0.15, 0.2) is 47.2 Å². The lowest BCUT2D eigenvalue weighted by Gasteiger charge is -2.10. The smallest absolute Gasteiger partial charge is 0.233 e. The Kier molecular flexibility index (Phi) is 5.01. The molecule has 0 atom stereocenters. The number of halogens is 2. The van der Waals surface area contributed by atoms with Crippen LogP contribution >= 0.6 is 27.5 Å². The van der Waals surface area contributed by atoms with Crippen LogP contribution < -0.4 is 4.72 Å². The minimum absolute atomic E-state index is 0.0140. The van der Waals surface area contributed by atoms with E-state index in [0.29, 0.717) is 17.1 Å². The molecule has 0 saturated carbocycles. The van der Waals surface area contributed by atoms with E-state index in [0.717, 1.165) is 10.0 Å². The Bertz CT molecular complexity index is 693. The Hall–Kier alpha value is -1.11. The molecule has 1 N–H and O–H groups in total. The van der Waals surface area contributed by atoms with Gasteiger partial charge in [0.05, 0.1) is 16.5 Å². The summed E-state index contributed by atoms with van der Waals surface area (Å²) >= 11 is 9.24. The number of nitrogens with zero attached hydrogens (tertiary/aromatic N) is 1. The Balaban J connectivity index is 2.06. The molecule has 0 radical (unpaired) electrons. The van der Waals surface area contributed by atoms with Crippen LogP contribution in [0.3, 0.4) is 0 Å². The molecule has 0 aliphatic carbocycles. The Morgan fingerprint density at radius 2 is 1.90 bits per heavy atom. The third kappa shape index (κ3) is 4.47. The van der Waals surface area contributed by atoms with Gasteiger partial charge in [-0.25, -0.2) is 8.42 Å². The first kappa shape index (κ1) is 15.3. The summed E-state index contributed by atoms with van der Waals surface area (Å²) in [5.74, 6) is -0.0140. The molecule has 0 unspecified atom stereocenters. The summed E-state index contributed by atoms with van der Waals surface area (Å²) in [4.78, 5) is 3.89. The molecule has 0 aliphatic heterocycles. The summed E-state index contributed by atoms with van der Waals surface area (Å²) in [6.45, 7) is 0. The van der Waals surface area contributed by atoms with E-state index in [-0.39, 0.29) is 5.75 Å². The van der Waals surface area contributed by atoms with Crippen LogP contribution in [0.4, 0.5) is 5.69 Å². The third-order valence-electron chi connectivity index (χ3n) is 2.60. The zero-order valence-corrected chi connectivity index (χ0v) is 13.5. The lowest BCUT2D eigenvalue weighted by Crippen LogP contribution is -2.18. The fourth-order valence-corrected chi connectivity index (χ4v) is 3.29. The van der Waals surface area contributed by atoms with Gasteiger partial charge in [-0.1, -0.05) is 27.5 Å². The molecule has 1 heterocycles. The van der Waals surface area contributed by atoms with Crippen molar-refractivity contribution in [2.45, 2.75) is 6.42 Å². The number of hydrogen-bond acceptors (Lipinski definition) is 3. The van der Waals surface area contributed by atoms with Gasteiger partial charge in [0.15, 0.2) is 0 Å². The van der Waals surface area contributed by atoms with E-state index in [4.69, 9.17) is 11.6 Å². The molecule has 20 heavy (non-hydrogen) atoms. The molecule has 0 bridgehead atoms. The number of benzene rings is 1. The average Bonchev–Trinajstić information content (AvgIpc) is 2.42. The molecular weight excluding hydrogens is 364 g/mol. The molecule has 0 spiro atoms. The lowest BCUT2D eigenvalue weighted by molar-refractivity contribution is 0.600. The van der Waals surface area contributed by atoms with Crippen molar-refractivity contribution in [3.8, 4) is 0 Å². The van der Waals surface area contributed by atoms with E-state index >= 15 is 0 Å². The monoisotopic (exact) mass is 374 g/mol. The number of sulfonamides is 1. The summed E-state index contributed by atoms with van der Waals surface area (Å²) in [6, 6.07) is 8.60. The zero-order chi connectivity index (χ0) is 14.6. The van der Waals surface area contributed by atoms with E-state index in [1.807, 2.05) is 0 Å². The van der Waals surface area contributed by atoms with E-state index in [1.165, 1.54) is 0 Å². The predicted molar refractivity (Wildman–Crippen MR) is 84.5 cm³/mol. The molecule has 1 aromatic carbocycles. The average molecular weight is 376 g/mol. The number of rotatable bonds is 5. The van der Waals surface area contributed by atoms with Gasteiger partial charge >= 0.3 is 0 Å². The van der Waals surface area contributed by atoms with Gasteiger partial charge in [0.1, 0.15) is 0 Å². The summed E-state index contributed by atoms with van der Waals surface area (Å²) in [6.07, 6.45) is 3.70. The molecule has 0 aliphatic rings. The second kappa shape index (κ2) is 6.56. The number of aryl methyl sites for hydroxylation is 1. The Morgan fingerprint density at radius 1 is 1.20 bits per heavy atom. The Labute approximate surface area is 131 Å². The molecule has 1 aromatic heterocycles. The van der Waals surface area contributed by atoms with E-state index in [1.54, 1.807) is 42.7 Å². The molecule has 2 rings (SSSR count). The van der Waals surface area contributed by atoms with Crippen LogP contribution in [-0.4, -0.2) is 19.2 Å². The number of pyridine rings is 1. The van der Waals surface area contributed by atoms with E-state index in [2.05, 4.69) is 25.6 Å². The van der Waals surface area contributed by atoms with Crippen molar-refractivity contribution in [1.82, 2.24) is 4.98 Å². The zero-order valence-electron chi connectivity index (χ0n) is 10.4. The maximum Gasteiger partial charge on any atom is 0.233 e. The van der Waals surface area contributed by atoms with Crippen molar-refractivity contribution in [3.05, 3.63) is 57.8 Å². The highest BCUT2D eigenvalue weighted by atomic mass is 79.9. The molecule has 2 aromatic rings. The largest absolute Gasteiger partial charge is 0.282 e. The van der Waals surface area contributed by atoms with Crippen LogP contribution in [0.2, 0.25) is 5.02 Å². The van der Waals surface area contributed by atoms with E-state index < -0.39 is 10.0 Å². The second-order valence-electron chi connectivity index (χ2n) is 4.15. The number of nitrogens with one attached hydrogen (secondary N) is 1. The van der Waals surface area contributed by atoms with Gasteiger partial charge < -0.3 is 0 Å². The van der Waals surface area contributed by atoms with Crippen LogP contribution in [0.5, 0.6) is 0 Å². The number of hydrogen-bond donors (Lipinski definition) is 1. The predicted octanol–water partition coefficient (Wildman–Crippen LogP) is 3.48. The van der Waals surface area contributed by atoms with Crippen molar-refractivity contribution >= 4 is 43.2 Å². The summed E-state index contributed by atoms with van der Waals surface area (Å²) < 4.78 is 27.3. The van der Waals surface area contributed by atoms with Gasteiger partial charge in [-0.05, 0) is 42.3 Å². The van der Waals surface area contributed by atoms with Gasteiger partial charge in [0.25, 0.3) is 0 Å². The van der Waals surface area contributed by atoms with Gasteiger partial charge in [-0.15, -0.1) is 0 Å². The van der Waals surface area contributed by atoms with Gasteiger partial charge in [0, 0.05) is 16.9 Å². The first-order chi connectivity index (χ1) is 9.46. The highest BCUT2D eigenvalue weighted by Crippen LogP contribution is 2.26. The summed E-state index contributed by atoms with van der Waals surface area (Å²) in [5.41, 5.74) is 1.29. The minimum Gasteiger partial charge on any atom is -0.282 e. The maximum atomic E-state index is 12.0.